The number of H-pyrrole nitrogens is 1. The smallest absolute Gasteiger partial charge is 0.254 e. The Labute approximate surface area is 364 Å². The average Bonchev–Trinajstić information content (AvgIpc) is 4.06. The molecule has 0 saturated carbocycles. The van der Waals surface area contributed by atoms with Gasteiger partial charge >= 0.3 is 0 Å². The zero-order valence-electron chi connectivity index (χ0n) is 36.0. The van der Waals surface area contributed by atoms with Crippen molar-refractivity contribution in [3.63, 3.8) is 0 Å². The topological polar surface area (TPSA) is 195 Å². The summed E-state index contributed by atoms with van der Waals surface area (Å²) in [7, 11) is 0. The Morgan fingerprint density at radius 2 is 1.81 bits per heavy atom. The van der Waals surface area contributed by atoms with Crippen molar-refractivity contribution in [2.24, 2.45) is 5.92 Å². The Morgan fingerprint density at radius 3 is 2.53 bits per heavy atom. The number of carbonyl (C=O) groups is 2. The Morgan fingerprint density at radius 1 is 1.03 bits per heavy atom. The number of hydrogen-bond donors (Lipinski definition) is 5. The van der Waals surface area contributed by atoms with Crippen LogP contribution in [-0.2, 0) is 20.5 Å². The third-order valence-corrected chi connectivity index (χ3v) is 13.6. The molecule has 15 nitrogen and oxygen atoms in total. The molecule has 16 heteroatoms. The van der Waals surface area contributed by atoms with Crippen LogP contribution in [0.3, 0.4) is 0 Å². The molecule has 3 atom stereocenters. The molecule has 4 aromatic heterocycles. The molecule has 0 aliphatic carbocycles. The fraction of sp³-hybridized carbons (Fsp3) is 0.435. The standard InChI is InChI=1S/C46H55N9O6S/c1-27(2)46(6,44(59)55-25-33(56)21-37(55)43(58)50-45(4,5)32-13-11-29(12-14-32)41-28(3)48-26-62-41)39-22-40(53-61-39)60-18-16-47-15-17-54-23-31(24-54)35-19-30-20-36(51-52-42(30)49-35)34-9-7-8-10-38(34)57/h7-14,19-20,22,26-27,31,33,37,47,56-57H,15-18,21,23-25H2,1-6H3,(H,49,52)(H,50,58)/t33-,37+,46+/m1/s1. The van der Waals surface area contributed by atoms with Crippen LogP contribution >= 0.6 is 11.3 Å². The molecule has 8 rings (SSSR count). The lowest BCUT2D eigenvalue weighted by atomic mass is 9.75. The number of fused-ring (bicyclic) bond motifs is 1. The first-order chi connectivity index (χ1) is 29.7. The Balaban J connectivity index is 0.803. The molecular formula is C46H55N9O6S. The number of benzene rings is 2. The van der Waals surface area contributed by atoms with Crippen LogP contribution in [0.2, 0.25) is 0 Å². The van der Waals surface area contributed by atoms with Crippen LogP contribution in [0.25, 0.3) is 32.7 Å². The van der Waals surface area contributed by atoms with Crippen molar-refractivity contribution in [2.45, 2.75) is 77.0 Å². The van der Waals surface area contributed by atoms with Gasteiger partial charge in [-0.15, -0.1) is 21.5 Å². The number of aliphatic hydroxyl groups excluding tert-OH is 1. The summed E-state index contributed by atoms with van der Waals surface area (Å²) in [5.41, 5.74) is 6.01. The molecule has 0 unspecified atom stereocenters. The number of aryl methyl sites for hydroxylation is 1. The molecule has 2 saturated heterocycles. The summed E-state index contributed by atoms with van der Waals surface area (Å²) < 4.78 is 11.7. The first kappa shape index (κ1) is 43.0. The molecule has 326 valence electrons. The second-order valence-corrected chi connectivity index (χ2v) is 18.4. The number of rotatable bonds is 16. The number of aromatic amines is 1. The van der Waals surface area contributed by atoms with E-state index < -0.39 is 23.1 Å². The Bertz CT molecular complexity index is 2530. The summed E-state index contributed by atoms with van der Waals surface area (Å²) in [5, 5.41) is 41.4. The molecule has 2 aromatic carbocycles. The second-order valence-electron chi connectivity index (χ2n) is 17.5. The SMILES string of the molecule is Cc1ncsc1-c1ccc(C(C)(C)NC(=O)[C@@H]2C[C@@H](O)CN2C(=O)[C@](C)(c2cc(OCCNCCN3CC(c4cc5cc(-c6ccccc6O)nnc5[nH]4)C3)no2)C(C)C)cc1. The van der Waals surface area contributed by atoms with E-state index in [0.29, 0.717) is 36.1 Å². The summed E-state index contributed by atoms with van der Waals surface area (Å²) in [5.74, 6) is 0.286. The minimum atomic E-state index is -1.18. The minimum absolute atomic E-state index is 0.0325. The number of β-amino-alcohol motifs (C(OH)–C–C–N with tert-alkyl or cyclic N) is 1. The van der Waals surface area contributed by atoms with Crippen LogP contribution in [0.5, 0.6) is 11.6 Å². The van der Waals surface area contributed by atoms with Crippen molar-refractivity contribution in [2.75, 3.05) is 45.9 Å². The molecule has 0 radical (unpaired) electrons. The summed E-state index contributed by atoms with van der Waals surface area (Å²) in [6.45, 7) is 16.0. The van der Waals surface area contributed by atoms with Crippen LogP contribution in [0.15, 0.2) is 76.8 Å². The van der Waals surface area contributed by atoms with Gasteiger partial charge in [0, 0.05) is 74.3 Å². The summed E-state index contributed by atoms with van der Waals surface area (Å²) >= 11 is 1.59. The molecule has 5 N–H and O–H groups in total. The van der Waals surface area contributed by atoms with Gasteiger partial charge in [-0.3, -0.25) is 9.59 Å². The van der Waals surface area contributed by atoms with Gasteiger partial charge in [0.15, 0.2) is 11.4 Å². The van der Waals surface area contributed by atoms with Crippen molar-refractivity contribution >= 4 is 34.2 Å². The number of ether oxygens (including phenoxy) is 1. The van der Waals surface area contributed by atoms with Gasteiger partial charge in [0.1, 0.15) is 23.8 Å². The number of likely N-dealkylation sites (tertiary alicyclic amines) is 2. The number of aromatic hydroxyl groups is 1. The van der Waals surface area contributed by atoms with Gasteiger partial charge in [0.05, 0.1) is 33.4 Å². The van der Waals surface area contributed by atoms with Gasteiger partial charge in [-0.1, -0.05) is 50.2 Å². The van der Waals surface area contributed by atoms with Crippen molar-refractivity contribution < 1.29 is 29.1 Å². The molecule has 0 spiro atoms. The van der Waals surface area contributed by atoms with Crippen LogP contribution < -0.4 is 15.4 Å². The lowest BCUT2D eigenvalue weighted by molar-refractivity contribution is -0.145. The maximum atomic E-state index is 14.5. The highest BCUT2D eigenvalue weighted by Crippen LogP contribution is 2.39. The number of carbonyl (C=O) groups excluding carboxylic acids is 2. The van der Waals surface area contributed by atoms with E-state index in [1.807, 2.05) is 82.6 Å². The van der Waals surface area contributed by atoms with Crippen molar-refractivity contribution in [3.05, 3.63) is 95.0 Å². The number of nitrogens with zero attached hydrogens (tertiary/aromatic N) is 6. The van der Waals surface area contributed by atoms with Crippen molar-refractivity contribution in [1.82, 2.24) is 45.8 Å². The fourth-order valence-corrected chi connectivity index (χ4v) is 9.22. The molecule has 6 aromatic rings. The Hall–Kier alpha value is -5.68. The van der Waals surface area contributed by atoms with Crippen LogP contribution in [0, 0.1) is 12.8 Å². The van der Waals surface area contributed by atoms with E-state index in [4.69, 9.17) is 9.26 Å². The number of amides is 2. The van der Waals surface area contributed by atoms with Gasteiger partial charge in [-0.25, -0.2) is 4.98 Å². The highest BCUT2D eigenvalue weighted by Gasteiger charge is 2.50. The van der Waals surface area contributed by atoms with Gasteiger partial charge in [0.2, 0.25) is 11.8 Å². The number of phenols is 1. The quantitative estimate of drug-likeness (QED) is 0.0742. The zero-order chi connectivity index (χ0) is 43.8. The third-order valence-electron chi connectivity index (χ3n) is 12.6. The highest BCUT2D eigenvalue weighted by atomic mass is 32.1. The molecule has 2 aliphatic rings. The average molecular weight is 862 g/mol. The number of hydrogen-bond acceptors (Lipinski definition) is 13. The molecule has 0 bridgehead atoms. The number of aliphatic hydroxyl groups is 1. The number of phenolic OH excluding ortho intramolecular Hbond substituents is 1. The van der Waals surface area contributed by atoms with Gasteiger partial charge in [0.25, 0.3) is 5.88 Å². The summed E-state index contributed by atoms with van der Waals surface area (Å²) in [4.78, 5) is 41.2. The monoisotopic (exact) mass is 861 g/mol. The van der Waals surface area contributed by atoms with Crippen LogP contribution in [0.1, 0.15) is 69.7 Å². The largest absolute Gasteiger partial charge is 0.507 e. The van der Waals surface area contributed by atoms with E-state index in [0.717, 1.165) is 64.6 Å². The van der Waals surface area contributed by atoms with E-state index in [2.05, 4.69) is 46.9 Å². The third kappa shape index (κ3) is 8.69. The number of thiazole rings is 1. The van der Waals surface area contributed by atoms with E-state index in [-0.39, 0.29) is 42.3 Å². The first-order valence-corrected chi connectivity index (χ1v) is 22.1. The van der Waals surface area contributed by atoms with E-state index in [1.54, 1.807) is 36.5 Å². The molecule has 2 amide bonds. The maximum absolute atomic E-state index is 14.5. The van der Waals surface area contributed by atoms with Crippen molar-refractivity contribution in [3.8, 4) is 33.3 Å². The molecule has 2 aliphatic heterocycles. The number of nitrogens with one attached hydrogen (secondary N) is 3. The van der Waals surface area contributed by atoms with Gasteiger partial charge in [-0.2, -0.15) is 0 Å². The van der Waals surface area contributed by atoms with Gasteiger partial charge < -0.3 is 44.9 Å². The zero-order valence-corrected chi connectivity index (χ0v) is 36.8. The molecule has 6 heterocycles. The predicted octanol–water partition coefficient (Wildman–Crippen LogP) is 5.75. The van der Waals surface area contributed by atoms with Gasteiger partial charge in [-0.05, 0) is 74.2 Å². The van der Waals surface area contributed by atoms with E-state index >= 15 is 0 Å². The van der Waals surface area contributed by atoms with Crippen molar-refractivity contribution in [1.29, 1.82) is 0 Å². The van der Waals surface area contributed by atoms with E-state index in [9.17, 15) is 19.8 Å². The van der Waals surface area contributed by atoms with E-state index in [1.165, 1.54) is 4.90 Å². The summed E-state index contributed by atoms with van der Waals surface area (Å²) in [6.07, 6.45) is -0.716. The maximum Gasteiger partial charge on any atom is 0.254 e. The molecule has 2 fully saturated rings. The van der Waals surface area contributed by atoms with Crippen LogP contribution in [0.4, 0.5) is 0 Å². The lowest BCUT2D eigenvalue weighted by Crippen LogP contribution is -2.55. The summed E-state index contributed by atoms with van der Waals surface area (Å²) in [6, 6.07) is 20.1. The van der Waals surface area contributed by atoms with Crippen LogP contribution in [-0.4, -0.2) is 115 Å². The number of para-hydroxylation sites is 1. The minimum Gasteiger partial charge on any atom is -0.507 e. The normalized spacial score (nSPS) is 18.3. The number of aromatic nitrogens is 5. The Kier molecular flexibility index (Phi) is 12.2. The molecule has 62 heavy (non-hydrogen) atoms. The first-order valence-electron chi connectivity index (χ1n) is 21.2. The second kappa shape index (κ2) is 17.6. The lowest BCUT2D eigenvalue weighted by Gasteiger charge is -2.38. The molecular weight excluding hydrogens is 807 g/mol. The predicted molar refractivity (Wildman–Crippen MR) is 237 cm³/mol. The highest BCUT2D eigenvalue weighted by molar-refractivity contribution is 7.13. The fourth-order valence-electron chi connectivity index (χ4n) is 8.41.